The minimum absolute atomic E-state index is 0.657. The minimum Gasteiger partial charge on any atom is -0.360 e. The summed E-state index contributed by atoms with van der Waals surface area (Å²) in [5.74, 6) is 2.38. The number of hydrogen-bond acceptors (Lipinski definition) is 4. The molecular weight excluding hydrogens is 242 g/mol. The van der Waals surface area contributed by atoms with Crippen LogP contribution in [0.25, 0.3) is 0 Å². The molecule has 0 aromatic carbocycles. The van der Waals surface area contributed by atoms with Crippen LogP contribution in [-0.4, -0.2) is 16.7 Å². The zero-order valence-corrected chi connectivity index (χ0v) is 12.6. The fourth-order valence-electron chi connectivity index (χ4n) is 2.73. The van der Waals surface area contributed by atoms with E-state index in [0.717, 1.165) is 34.9 Å². The Morgan fingerprint density at radius 3 is 2.89 bits per heavy atom. The van der Waals surface area contributed by atoms with Crippen LogP contribution >= 0.6 is 11.3 Å². The van der Waals surface area contributed by atoms with Crippen LogP contribution in [0.4, 0.5) is 5.13 Å². The molecule has 2 rings (SSSR count). The quantitative estimate of drug-likeness (QED) is 0.877. The summed E-state index contributed by atoms with van der Waals surface area (Å²) in [6.45, 7) is 7.88. The van der Waals surface area contributed by atoms with Crippen LogP contribution in [-0.2, 0) is 6.42 Å². The van der Waals surface area contributed by atoms with Gasteiger partial charge in [-0.05, 0) is 30.6 Å². The number of aromatic nitrogens is 2. The lowest BCUT2D eigenvalue weighted by Gasteiger charge is -2.26. The lowest BCUT2D eigenvalue weighted by Crippen LogP contribution is -2.20. The molecule has 2 atom stereocenters. The van der Waals surface area contributed by atoms with Gasteiger partial charge in [0.05, 0.1) is 0 Å². The van der Waals surface area contributed by atoms with Gasteiger partial charge in [-0.15, -0.1) is 10.2 Å². The number of rotatable bonds is 5. The number of hydrogen-bond donors (Lipinski definition) is 1. The van der Waals surface area contributed by atoms with E-state index in [0.29, 0.717) is 5.92 Å². The lowest BCUT2D eigenvalue weighted by molar-refractivity contribution is 0.293. The molecule has 102 valence electrons. The smallest absolute Gasteiger partial charge is 0.205 e. The molecule has 0 aliphatic heterocycles. The van der Waals surface area contributed by atoms with Gasteiger partial charge in [0.1, 0.15) is 5.01 Å². The molecule has 1 saturated carbocycles. The maximum atomic E-state index is 4.24. The molecule has 0 radical (unpaired) electrons. The van der Waals surface area contributed by atoms with E-state index in [9.17, 15) is 0 Å². The summed E-state index contributed by atoms with van der Waals surface area (Å²) >= 11 is 1.72. The van der Waals surface area contributed by atoms with Crippen molar-refractivity contribution >= 4 is 16.5 Å². The summed E-state index contributed by atoms with van der Waals surface area (Å²) < 4.78 is 0. The Bertz CT molecular complexity index is 362. The molecule has 1 N–H and O–H groups in total. The van der Waals surface area contributed by atoms with Crippen LogP contribution in [0.3, 0.4) is 0 Å². The van der Waals surface area contributed by atoms with Crippen LogP contribution < -0.4 is 5.32 Å². The third-order valence-electron chi connectivity index (χ3n) is 3.64. The van der Waals surface area contributed by atoms with Crippen LogP contribution in [0.5, 0.6) is 0 Å². The number of anilines is 1. The largest absolute Gasteiger partial charge is 0.360 e. The first-order valence-corrected chi connectivity index (χ1v) is 8.01. The SMILES string of the molecule is CC(C)Cc1nnc(NCC2CCCC(C)C2)s1. The van der Waals surface area contributed by atoms with Crippen molar-refractivity contribution in [3.8, 4) is 0 Å². The van der Waals surface area contributed by atoms with E-state index in [-0.39, 0.29) is 0 Å². The highest BCUT2D eigenvalue weighted by molar-refractivity contribution is 7.15. The Morgan fingerprint density at radius 1 is 1.33 bits per heavy atom. The summed E-state index contributed by atoms with van der Waals surface area (Å²) in [5, 5.41) is 14.1. The van der Waals surface area contributed by atoms with Crippen molar-refractivity contribution < 1.29 is 0 Å². The fraction of sp³-hybridized carbons (Fsp3) is 0.857. The van der Waals surface area contributed by atoms with Gasteiger partial charge in [-0.25, -0.2) is 0 Å². The molecule has 4 heteroatoms. The summed E-state index contributed by atoms with van der Waals surface area (Å²) in [4.78, 5) is 0. The Labute approximate surface area is 114 Å². The molecule has 0 bridgehead atoms. The van der Waals surface area contributed by atoms with Gasteiger partial charge in [-0.2, -0.15) is 0 Å². The van der Waals surface area contributed by atoms with E-state index in [1.165, 1.54) is 25.7 Å². The van der Waals surface area contributed by atoms with Gasteiger partial charge in [0, 0.05) is 13.0 Å². The number of nitrogens with one attached hydrogen (secondary N) is 1. The molecule has 1 heterocycles. The zero-order valence-electron chi connectivity index (χ0n) is 11.8. The molecule has 1 aliphatic carbocycles. The van der Waals surface area contributed by atoms with E-state index in [4.69, 9.17) is 0 Å². The van der Waals surface area contributed by atoms with Gasteiger partial charge in [-0.1, -0.05) is 44.9 Å². The van der Waals surface area contributed by atoms with Crippen molar-refractivity contribution in [2.24, 2.45) is 17.8 Å². The predicted molar refractivity (Wildman–Crippen MR) is 78.1 cm³/mol. The minimum atomic E-state index is 0.657. The molecule has 1 fully saturated rings. The first kappa shape index (κ1) is 13.8. The summed E-state index contributed by atoms with van der Waals surface area (Å²) in [5.41, 5.74) is 0. The van der Waals surface area contributed by atoms with Crippen molar-refractivity contribution in [2.75, 3.05) is 11.9 Å². The monoisotopic (exact) mass is 267 g/mol. The average molecular weight is 267 g/mol. The van der Waals surface area contributed by atoms with Crippen molar-refractivity contribution in [3.63, 3.8) is 0 Å². The average Bonchev–Trinajstić information content (AvgIpc) is 2.73. The number of nitrogens with zero attached hydrogens (tertiary/aromatic N) is 2. The lowest BCUT2D eigenvalue weighted by atomic mass is 9.82. The van der Waals surface area contributed by atoms with Crippen molar-refractivity contribution in [3.05, 3.63) is 5.01 Å². The normalized spacial score (nSPS) is 24.4. The summed E-state index contributed by atoms with van der Waals surface area (Å²) in [6, 6.07) is 0. The maximum Gasteiger partial charge on any atom is 0.205 e. The molecule has 3 nitrogen and oxygen atoms in total. The Hall–Kier alpha value is -0.640. The van der Waals surface area contributed by atoms with Gasteiger partial charge in [-0.3, -0.25) is 0 Å². The summed E-state index contributed by atoms with van der Waals surface area (Å²) in [7, 11) is 0. The van der Waals surface area contributed by atoms with Crippen LogP contribution in [0.15, 0.2) is 0 Å². The topological polar surface area (TPSA) is 37.8 Å². The van der Waals surface area contributed by atoms with Gasteiger partial charge < -0.3 is 5.32 Å². The highest BCUT2D eigenvalue weighted by atomic mass is 32.1. The fourth-order valence-corrected chi connectivity index (χ4v) is 3.69. The van der Waals surface area contributed by atoms with E-state index >= 15 is 0 Å². The third kappa shape index (κ3) is 4.23. The van der Waals surface area contributed by atoms with E-state index < -0.39 is 0 Å². The molecule has 0 saturated heterocycles. The van der Waals surface area contributed by atoms with Gasteiger partial charge >= 0.3 is 0 Å². The van der Waals surface area contributed by atoms with Crippen molar-refractivity contribution in [1.82, 2.24) is 10.2 Å². The van der Waals surface area contributed by atoms with Crippen LogP contribution in [0.2, 0.25) is 0 Å². The zero-order chi connectivity index (χ0) is 13.0. The van der Waals surface area contributed by atoms with Crippen molar-refractivity contribution in [1.29, 1.82) is 0 Å². The van der Waals surface area contributed by atoms with E-state index in [1.54, 1.807) is 11.3 Å². The molecule has 1 aliphatic rings. The highest BCUT2D eigenvalue weighted by Gasteiger charge is 2.19. The van der Waals surface area contributed by atoms with Crippen LogP contribution in [0, 0.1) is 17.8 Å². The molecule has 0 spiro atoms. The molecule has 2 unspecified atom stereocenters. The van der Waals surface area contributed by atoms with Crippen molar-refractivity contribution in [2.45, 2.75) is 52.9 Å². The summed E-state index contributed by atoms with van der Waals surface area (Å²) in [6.07, 6.45) is 6.58. The second kappa shape index (κ2) is 6.50. The van der Waals surface area contributed by atoms with Gasteiger partial charge in [0.2, 0.25) is 5.13 Å². The highest BCUT2D eigenvalue weighted by Crippen LogP contribution is 2.29. The van der Waals surface area contributed by atoms with E-state index in [2.05, 4.69) is 36.3 Å². The molecule has 1 aromatic heterocycles. The standard InChI is InChI=1S/C14H25N3S/c1-10(2)7-13-16-17-14(18-13)15-9-12-6-4-5-11(3)8-12/h10-12H,4-9H2,1-3H3,(H,15,17). The molecule has 1 aromatic rings. The van der Waals surface area contributed by atoms with Gasteiger partial charge in [0.15, 0.2) is 0 Å². The maximum absolute atomic E-state index is 4.24. The Morgan fingerprint density at radius 2 is 2.17 bits per heavy atom. The Kier molecular flexibility index (Phi) is 4.98. The second-order valence-corrected chi connectivity index (χ2v) is 7.18. The molecule has 18 heavy (non-hydrogen) atoms. The third-order valence-corrected chi connectivity index (χ3v) is 4.54. The first-order chi connectivity index (χ1) is 8.63. The molecular formula is C14H25N3S. The van der Waals surface area contributed by atoms with Gasteiger partial charge in [0.25, 0.3) is 0 Å². The first-order valence-electron chi connectivity index (χ1n) is 7.19. The predicted octanol–water partition coefficient (Wildman–Crippen LogP) is 3.97. The molecule has 0 amide bonds. The van der Waals surface area contributed by atoms with Crippen LogP contribution in [0.1, 0.15) is 51.5 Å². The van der Waals surface area contributed by atoms with E-state index in [1.807, 2.05) is 0 Å². The second-order valence-electron chi connectivity index (χ2n) is 6.12. The Balaban J connectivity index is 1.77.